The minimum atomic E-state index is -0.873. The normalized spacial score (nSPS) is 28.9. The number of anilines is 1. The zero-order valence-electron chi connectivity index (χ0n) is 17.4. The van der Waals surface area contributed by atoms with Crippen LogP contribution < -0.4 is 4.90 Å². The molecule has 0 N–H and O–H groups in total. The first-order valence-corrected chi connectivity index (χ1v) is 12.1. The Morgan fingerprint density at radius 2 is 1.15 bits per heavy atom. The van der Waals surface area contributed by atoms with Crippen LogP contribution in [0.1, 0.15) is 32.6 Å². The summed E-state index contributed by atoms with van der Waals surface area (Å²) in [5, 5.41) is 0. The van der Waals surface area contributed by atoms with Crippen LogP contribution in [0.3, 0.4) is 0 Å². The maximum Gasteiger partial charge on any atom is 0.339 e. The summed E-state index contributed by atoms with van der Waals surface area (Å²) in [6, 6.07) is 22.4. The van der Waals surface area contributed by atoms with Crippen LogP contribution in [0.4, 0.5) is 5.69 Å². The number of ether oxygens (including phenoxy) is 1. The molecule has 2 bridgehead atoms. The van der Waals surface area contributed by atoms with E-state index < -0.39 is 26.5 Å². The number of methoxy groups -OCH3 is 1. The van der Waals surface area contributed by atoms with Gasteiger partial charge in [0.05, 0.1) is 38.8 Å². The van der Waals surface area contributed by atoms with E-state index in [1.807, 2.05) is 48.5 Å². The van der Waals surface area contributed by atoms with Crippen LogP contribution in [0.15, 0.2) is 72.8 Å². The van der Waals surface area contributed by atoms with Crippen molar-refractivity contribution in [3.05, 3.63) is 101 Å². The van der Waals surface area contributed by atoms with Crippen molar-refractivity contribution in [1.82, 2.24) is 0 Å². The number of alkyl halides is 2. The minimum absolute atomic E-state index is 0.176. The number of halogens is 2. The molecule has 1 aliphatic heterocycles. The standard InChI is InChI=1S/C26H17Br2NO4/c1-33-24(32)14-8-2-7-13-19(14)29-22(30)20-21(23(29)31)26(28)16-10-4-3-9-15(16)25(20,27)17-11-5-6-12-18(17)26/h2-13,20-21H,1H3/t20-,21-,25?,26?/m0/s1. The molecule has 0 saturated carbocycles. The van der Waals surface area contributed by atoms with Gasteiger partial charge < -0.3 is 4.74 Å². The predicted molar refractivity (Wildman–Crippen MR) is 130 cm³/mol. The lowest BCUT2D eigenvalue weighted by Gasteiger charge is -2.55. The molecule has 0 radical (unpaired) electrons. The smallest absolute Gasteiger partial charge is 0.339 e. The largest absolute Gasteiger partial charge is 0.465 e. The van der Waals surface area contributed by atoms with E-state index in [1.165, 1.54) is 12.0 Å². The highest BCUT2D eigenvalue weighted by atomic mass is 79.9. The van der Waals surface area contributed by atoms with Crippen molar-refractivity contribution in [2.24, 2.45) is 11.8 Å². The average Bonchev–Trinajstić information content (AvgIpc) is 3.13. The third-order valence-corrected chi connectivity index (χ3v) is 9.83. The van der Waals surface area contributed by atoms with Gasteiger partial charge in [0, 0.05) is 0 Å². The SMILES string of the molecule is COC(=O)c1ccccc1N1C(=O)[C@@H]2[C@@H](C1=O)C1(Br)c3ccccc3C2(Br)c2ccccc21. The zero-order valence-corrected chi connectivity index (χ0v) is 20.6. The van der Waals surface area contributed by atoms with Gasteiger partial charge in [0.25, 0.3) is 0 Å². The van der Waals surface area contributed by atoms with E-state index in [0.717, 1.165) is 22.3 Å². The molecule has 7 rings (SSSR count). The quantitative estimate of drug-likeness (QED) is 0.252. The lowest BCUT2D eigenvalue weighted by Crippen LogP contribution is -2.56. The van der Waals surface area contributed by atoms with Crippen molar-refractivity contribution in [2.75, 3.05) is 12.0 Å². The Kier molecular flexibility index (Phi) is 4.33. The van der Waals surface area contributed by atoms with Crippen LogP contribution in [-0.4, -0.2) is 24.9 Å². The fourth-order valence-electron chi connectivity index (χ4n) is 5.86. The number of carbonyl (C=O) groups excluding carboxylic acids is 3. The minimum Gasteiger partial charge on any atom is -0.465 e. The van der Waals surface area contributed by atoms with Crippen molar-refractivity contribution in [2.45, 2.75) is 8.65 Å². The van der Waals surface area contributed by atoms with Crippen molar-refractivity contribution in [3.63, 3.8) is 0 Å². The van der Waals surface area contributed by atoms with Crippen LogP contribution in [0.25, 0.3) is 0 Å². The third-order valence-electron chi connectivity index (χ3n) is 7.14. The average molecular weight is 567 g/mol. The third kappa shape index (κ3) is 2.34. The van der Waals surface area contributed by atoms with E-state index in [2.05, 4.69) is 31.9 Å². The lowest BCUT2D eigenvalue weighted by molar-refractivity contribution is -0.122. The van der Waals surface area contributed by atoms with Crippen LogP contribution in [0, 0.1) is 11.8 Å². The zero-order chi connectivity index (χ0) is 23.1. The number of benzene rings is 3. The molecule has 0 aromatic heterocycles. The van der Waals surface area contributed by atoms with Gasteiger partial charge in [0.1, 0.15) is 0 Å². The van der Waals surface area contributed by atoms with Crippen molar-refractivity contribution in [3.8, 4) is 0 Å². The number of para-hydroxylation sites is 1. The Balaban J connectivity index is 1.64. The molecule has 1 fully saturated rings. The molecule has 1 saturated heterocycles. The molecule has 0 unspecified atom stereocenters. The molecule has 33 heavy (non-hydrogen) atoms. The highest BCUT2D eigenvalue weighted by Gasteiger charge is 2.72. The Morgan fingerprint density at radius 1 is 0.758 bits per heavy atom. The Hall–Kier alpha value is -2.77. The first-order valence-electron chi connectivity index (χ1n) is 10.5. The Morgan fingerprint density at radius 3 is 1.58 bits per heavy atom. The fraction of sp³-hybridized carbons (Fsp3) is 0.192. The van der Waals surface area contributed by atoms with Crippen LogP contribution in [0.2, 0.25) is 0 Å². The van der Waals surface area contributed by atoms with E-state index in [9.17, 15) is 14.4 Å². The number of carbonyl (C=O) groups is 3. The van der Waals surface area contributed by atoms with Gasteiger partial charge in [0.2, 0.25) is 11.8 Å². The monoisotopic (exact) mass is 565 g/mol. The summed E-state index contributed by atoms with van der Waals surface area (Å²) in [4.78, 5) is 41.8. The molecule has 7 heteroatoms. The topological polar surface area (TPSA) is 63.7 Å². The number of rotatable bonds is 2. The second-order valence-electron chi connectivity index (χ2n) is 8.49. The van der Waals surface area contributed by atoms with Gasteiger partial charge in [-0.2, -0.15) is 0 Å². The van der Waals surface area contributed by atoms with E-state index in [4.69, 9.17) is 4.74 Å². The molecule has 5 nitrogen and oxygen atoms in total. The summed E-state index contributed by atoms with van der Waals surface area (Å²) in [7, 11) is 1.28. The Labute approximate surface area is 207 Å². The molecule has 3 aromatic carbocycles. The summed E-state index contributed by atoms with van der Waals surface area (Å²) >= 11 is 7.96. The van der Waals surface area contributed by atoms with Crippen molar-refractivity contribution >= 4 is 55.3 Å². The van der Waals surface area contributed by atoms with Gasteiger partial charge in [-0.1, -0.05) is 92.5 Å². The second kappa shape index (κ2) is 6.87. The molecule has 3 aromatic rings. The predicted octanol–water partition coefficient (Wildman–Crippen LogP) is 4.88. The summed E-state index contributed by atoms with van der Waals surface area (Å²) in [5.41, 5.74) is 4.28. The van der Waals surface area contributed by atoms with Crippen LogP contribution >= 0.6 is 31.9 Å². The van der Waals surface area contributed by atoms with Gasteiger partial charge in [-0.05, 0) is 34.4 Å². The van der Waals surface area contributed by atoms with Crippen LogP contribution in [-0.2, 0) is 23.0 Å². The van der Waals surface area contributed by atoms with E-state index >= 15 is 0 Å². The lowest BCUT2D eigenvalue weighted by atomic mass is 9.54. The fourth-order valence-corrected chi connectivity index (χ4v) is 8.16. The Bertz CT molecular complexity index is 1260. The first kappa shape index (κ1) is 20.8. The summed E-state index contributed by atoms with van der Waals surface area (Å²) in [6.07, 6.45) is 0. The molecular formula is C26H17Br2NO4. The molecule has 0 spiro atoms. The molecule has 1 heterocycles. The number of nitrogens with zero attached hydrogens (tertiary/aromatic N) is 1. The van der Waals surface area contributed by atoms with E-state index in [-0.39, 0.29) is 23.1 Å². The molecule has 2 amide bonds. The number of amides is 2. The highest BCUT2D eigenvalue weighted by molar-refractivity contribution is 9.10. The van der Waals surface area contributed by atoms with E-state index in [1.54, 1.807) is 24.3 Å². The molecule has 4 aliphatic rings. The van der Waals surface area contributed by atoms with Gasteiger partial charge in [-0.3, -0.25) is 9.59 Å². The first-order chi connectivity index (χ1) is 15.9. The van der Waals surface area contributed by atoms with Crippen LogP contribution in [0.5, 0.6) is 0 Å². The molecule has 164 valence electrons. The highest BCUT2D eigenvalue weighted by Crippen LogP contribution is 2.70. The van der Waals surface area contributed by atoms with Crippen molar-refractivity contribution < 1.29 is 19.1 Å². The van der Waals surface area contributed by atoms with E-state index in [0.29, 0.717) is 0 Å². The second-order valence-corrected chi connectivity index (χ2v) is 11.0. The summed E-state index contributed by atoms with van der Waals surface area (Å²) < 4.78 is 3.17. The maximum absolute atomic E-state index is 14.1. The summed E-state index contributed by atoms with van der Waals surface area (Å²) in [6.45, 7) is 0. The van der Waals surface area contributed by atoms with Crippen molar-refractivity contribution in [1.29, 1.82) is 0 Å². The van der Waals surface area contributed by atoms with Gasteiger partial charge in [-0.25, -0.2) is 9.69 Å². The number of hydrogen-bond acceptors (Lipinski definition) is 4. The number of imide groups is 1. The molecule has 3 aliphatic carbocycles. The molecular weight excluding hydrogens is 550 g/mol. The van der Waals surface area contributed by atoms with Gasteiger partial charge in [-0.15, -0.1) is 0 Å². The number of hydrogen-bond donors (Lipinski definition) is 0. The number of esters is 1. The van der Waals surface area contributed by atoms with Gasteiger partial charge in [0.15, 0.2) is 0 Å². The summed E-state index contributed by atoms with van der Waals surface area (Å²) in [5.74, 6) is -2.67. The molecule has 2 atom stereocenters. The van der Waals surface area contributed by atoms with Gasteiger partial charge >= 0.3 is 5.97 Å². The maximum atomic E-state index is 14.1.